The number of aliphatic hydroxyl groups is 1. The van der Waals surface area contributed by atoms with E-state index in [9.17, 15) is 9.90 Å². The van der Waals surface area contributed by atoms with Crippen LogP contribution in [0.1, 0.15) is 39.5 Å². The maximum Gasteiger partial charge on any atom is 0.184 e. The van der Waals surface area contributed by atoms with Crippen molar-refractivity contribution in [3.63, 3.8) is 0 Å². The third kappa shape index (κ3) is 3.79. The molecule has 1 aliphatic rings. The number of rotatable bonds is 5. The maximum atomic E-state index is 12.5. The Kier molecular flexibility index (Phi) is 5.42. The van der Waals surface area contributed by atoms with E-state index in [2.05, 4.69) is 47.5 Å². The average molecular weight is 388 g/mol. The molecule has 0 bridgehead atoms. The minimum atomic E-state index is -0.144. The molecule has 3 aromatic carbocycles. The van der Waals surface area contributed by atoms with Crippen LogP contribution in [0.25, 0.3) is 0 Å². The Morgan fingerprint density at radius 1 is 1.00 bits per heavy atom. The normalized spacial score (nSPS) is 13.0. The van der Waals surface area contributed by atoms with Crippen LogP contribution >= 0.6 is 11.8 Å². The van der Waals surface area contributed by atoms with E-state index in [0.29, 0.717) is 11.1 Å². The third-order valence-electron chi connectivity index (χ3n) is 5.00. The first kappa shape index (κ1) is 18.7. The Morgan fingerprint density at radius 2 is 1.75 bits per heavy atom. The van der Waals surface area contributed by atoms with Crippen molar-refractivity contribution in [3.05, 3.63) is 94.5 Å². The van der Waals surface area contributed by atoms with Crippen molar-refractivity contribution in [2.45, 2.75) is 29.7 Å². The second-order valence-corrected chi connectivity index (χ2v) is 7.93. The zero-order chi connectivity index (χ0) is 19.5. The Hall–Kier alpha value is -2.69. The fourth-order valence-corrected chi connectivity index (χ4v) is 4.47. The van der Waals surface area contributed by atoms with Crippen LogP contribution in [-0.2, 0) is 13.0 Å². The number of Topliss-reactive ketones (excluding diaryl/α,β-unsaturated/α-hetero) is 1. The molecule has 1 N–H and O–H groups in total. The third-order valence-corrected chi connectivity index (χ3v) is 6.24. The van der Waals surface area contributed by atoms with Gasteiger partial charge in [0.25, 0.3) is 0 Å². The fourth-order valence-electron chi connectivity index (χ4n) is 3.41. The molecule has 0 fully saturated rings. The highest BCUT2D eigenvalue weighted by atomic mass is 32.2. The molecule has 0 amide bonds. The molecule has 0 aromatic heterocycles. The molecule has 4 rings (SSSR count). The molecule has 3 nitrogen and oxygen atoms in total. The van der Waals surface area contributed by atoms with Crippen LogP contribution in [0.2, 0.25) is 0 Å². The van der Waals surface area contributed by atoms with Gasteiger partial charge in [-0.15, -0.1) is 0 Å². The Balaban J connectivity index is 1.53. The summed E-state index contributed by atoms with van der Waals surface area (Å²) in [5.41, 5.74) is 5.73. The summed E-state index contributed by atoms with van der Waals surface area (Å²) in [6, 6.07) is 22.0. The molecule has 0 spiro atoms. The number of nitrogens with zero attached hydrogens (tertiary/aromatic N) is 1. The first-order valence-electron chi connectivity index (χ1n) is 9.28. The first-order valence-corrected chi connectivity index (χ1v) is 10.1. The Labute approximate surface area is 169 Å². The van der Waals surface area contributed by atoms with Gasteiger partial charge in [0.2, 0.25) is 0 Å². The van der Waals surface area contributed by atoms with Crippen LogP contribution in [-0.4, -0.2) is 23.1 Å². The lowest BCUT2D eigenvalue weighted by atomic mass is 10.0. The minimum absolute atomic E-state index is 0.0774. The van der Waals surface area contributed by atoms with E-state index in [4.69, 9.17) is 0 Å². The molecule has 0 saturated heterocycles. The summed E-state index contributed by atoms with van der Waals surface area (Å²) in [6.07, 6.45) is 0.919. The molecular formula is C24H21NO2S. The lowest BCUT2D eigenvalue weighted by Crippen LogP contribution is -2.09. The lowest BCUT2D eigenvalue weighted by Gasteiger charge is -2.19. The number of ketones is 1. The van der Waals surface area contributed by atoms with Gasteiger partial charge >= 0.3 is 0 Å². The maximum absolute atomic E-state index is 12.5. The van der Waals surface area contributed by atoms with Crippen LogP contribution in [0.3, 0.4) is 0 Å². The minimum Gasteiger partial charge on any atom is -0.392 e. The molecule has 28 heavy (non-hydrogen) atoms. The second-order valence-electron chi connectivity index (χ2n) is 6.85. The van der Waals surface area contributed by atoms with Gasteiger partial charge in [0, 0.05) is 21.1 Å². The summed E-state index contributed by atoms with van der Waals surface area (Å²) in [5, 5.41) is 9.42. The van der Waals surface area contributed by atoms with E-state index in [1.807, 2.05) is 19.1 Å². The topological polar surface area (TPSA) is 49.7 Å². The van der Waals surface area contributed by atoms with E-state index in [1.54, 1.807) is 23.9 Å². The van der Waals surface area contributed by atoms with E-state index in [0.717, 1.165) is 17.7 Å². The number of fused-ring (bicyclic) bond motifs is 2. The van der Waals surface area contributed by atoms with Gasteiger partial charge in [0.1, 0.15) is 6.54 Å². The van der Waals surface area contributed by atoms with Crippen molar-refractivity contribution in [3.8, 4) is 0 Å². The summed E-state index contributed by atoms with van der Waals surface area (Å²) in [7, 11) is 0. The highest BCUT2D eigenvalue weighted by Crippen LogP contribution is 2.39. The number of carbonyl (C=O) groups excluding carboxylic acids is 1. The predicted octanol–water partition coefficient (Wildman–Crippen LogP) is 4.93. The standard InChI is InChI=1S/C24H21NO2S/c1-16(25-14-22(27)21-8-4-2-7-19(21)15-26)17-10-11-24-20(12-17)13-18-6-3-5-9-23(18)28-24/h2-12,26H,13-15H2,1H3. The van der Waals surface area contributed by atoms with Crippen LogP contribution in [0.4, 0.5) is 0 Å². The van der Waals surface area contributed by atoms with Crippen molar-refractivity contribution in [2.75, 3.05) is 6.54 Å². The summed E-state index contributed by atoms with van der Waals surface area (Å²) >= 11 is 1.80. The van der Waals surface area contributed by atoms with Crippen LogP contribution in [0.15, 0.2) is 81.5 Å². The number of benzene rings is 3. The van der Waals surface area contributed by atoms with Gasteiger partial charge in [-0.2, -0.15) is 0 Å². The fraction of sp³-hybridized carbons (Fsp3) is 0.167. The number of hydrogen-bond donors (Lipinski definition) is 1. The molecule has 1 heterocycles. The monoisotopic (exact) mass is 387 g/mol. The van der Waals surface area contributed by atoms with Crippen molar-refractivity contribution in [1.29, 1.82) is 0 Å². The van der Waals surface area contributed by atoms with Gasteiger partial charge in [-0.05, 0) is 53.8 Å². The van der Waals surface area contributed by atoms with Gasteiger partial charge in [-0.3, -0.25) is 9.79 Å². The molecule has 4 heteroatoms. The molecular weight excluding hydrogens is 366 g/mol. The number of aliphatic hydroxyl groups excluding tert-OH is 1. The highest BCUT2D eigenvalue weighted by molar-refractivity contribution is 7.99. The van der Waals surface area contributed by atoms with Crippen molar-refractivity contribution >= 4 is 23.3 Å². The van der Waals surface area contributed by atoms with Gasteiger partial charge in [-0.25, -0.2) is 0 Å². The van der Waals surface area contributed by atoms with Crippen molar-refractivity contribution < 1.29 is 9.90 Å². The summed E-state index contributed by atoms with van der Waals surface area (Å²) < 4.78 is 0. The Bertz CT molecular complexity index is 1070. The van der Waals surface area contributed by atoms with Crippen molar-refractivity contribution in [2.24, 2.45) is 4.99 Å². The second kappa shape index (κ2) is 8.13. The van der Waals surface area contributed by atoms with Gasteiger partial charge in [-0.1, -0.05) is 60.3 Å². The van der Waals surface area contributed by atoms with Crippen LogP contribution < -0.4 is 0 Å². The van der Waals surface area contributed by atoms with E-state index in [1.165, 1.54) is 20.9 Å². The van der Waals surface area contributed by atoms with Crippen LogP contribution in [0.5, 0.6) is 0 Å². The lowest BCUT2D eigenvalue weighted by molar-refractivity contribution is 0.0999. The SMILES string of the molecule is CC(=NCC(=O)c1ccccc1CO)c1ccc2c(c1)Cc1ccccc1S2. The summed E-state index contributed by atoms with van der Waals surface area (Å²) in [5.74, 6) is -0.0774. The molecule has 0 atom stereocenters. The van der Waals surface area contributed by atoms with E-state index in [-0.39, 0.29) is 18.9 Å². The molecule has 1 aliphatic heterocycles. The average Bonchev–Trinajstić information content (AvgIpc) is 2.75. The van der Waals surface area contributed by atoms with E-state index < -0.39 is 0 Å². The van der Waals surface area contributed by atoms with Gasteiger partial charge in [0.15, 0.2) is 5.78 Å². The first-order chi connectivity index (χ1) is 13.7. The van der Waals surface area contributed by atoms with Gasteiger partial charge in [0.05, 0.1) is 6.61 Å². The van der Waals surface area contributed by atoms with Gasteiger partial charge < -0.3 is 5.11 Å². The molecule has 0 unspecified atom stereocenters. The largest absolute Gasteiger partial charge is 0.392 e. The Morgan fingerprint density at radius 3 is 2.61 bits per heavy atom. The predicted molar refractivity (Wildman–Crippen MR) is 114 cm³/mol. The quantitative estimate of drug-likeness (QED) is 0.390. The molecule has 3 aromatic rings. The van der Waals surface area contributed by atoms with Crippen molar-refractivity contribution in [1.82, 2.24) is 0 Å². The summed E-state index contributed by atoms with van der Waals surface area (Å²) in [4.78, 5) is 19.6. The highest BCUT2D eigenvalue weighted by Gasteiger charge is 2.16. The smallest absolute Gasteiger partial charge is 0.184 e. The zero-order valence-corrected chi connectivity index (χ0v) is 16.5. The van der Waals surface area contributed by atoms with E-state index >= 15 is 0 Å². The number of hydrogen-bond acceptors (Lipinski definition) is 4. The zero-order valence-electron chi connectivity index (χ0n) is 15.7. The molecule has 0 saturated carbocycles. The number of carbonyl (C=O) groups is 1. The number of aliphatic imine (C=N–C) groups is 1. The molecule has 140 valence electrons. The molecule has 0 aliphatic carbocycles. The molecule has 0 radical (unpaired) electrons. The summed E-state index contributed by atoms with van der Waals surface area (Å²) in [6.45, 7) is 1.88. The van der Waals surface area contributed by atoms with Crippen LogP contribution in [0, 0.1) is 0 Å².